The smallest absolute Gasteiger partial charge is 0.423 e. The molecule has 0 saturated carbocycles. The molecule has 0 unspecified atom stereocenters. The average Bonchev–Trinajstić information content (AvgIpc) is 1.57. The molecule has 0 fully saturated rings. The first kappa shape index (κ1) is 10.3. The van der Waals surface area contributed by atoms with Crippen molar-refractivity contribution in [3.05, 3.63) is 0 Å². The molecule has 0 atom stereocenters. The highest BCUT2D eigenvalue weighted by atomic mass is 32.5. The Hall–Kier alpha value is -0.730. The monoisotopic (exact) mass is 201 g/mol. The second-order valence-electron chi connectivity index (χ2n) is 1.56. The van der Waals surface area contributed by atoms with Gasteiger partial charge in [0.1, 0.15) is 0 Å². The molecule has 3 nitrogen and oxygen atoms in total. The standard InChI is InChI=1S/C2H4F5NO2S/c1-10-2(9)8-11(3,4,5,6)7/h1H3,(H,8,9). The van der Waals surface area contributed by atoms with Gasteiger partial charge >= 0.3 is 16.5 Å². The van der Waals surface area contributed by atoms with E-state index in [0.29, 0.717) is 7.11 Å². The highest BCUT2D eigenvalue weighted by Gasteiger charge is 2.65. The average molecular weight is 201 g/mol. The largest absolute Gasteiger partial charge is 0.452 e. The molecular weight excluding hydrogens is 197 g/mol. The van der Waals surface area contributed by atoms with Gasteiger partial charge in [-0.15, -0.1) is 0 Å². The maximum absolute atomic E-state index is 11.2. The van der Waals surface area contributed by atoms with Gasteiger partial charge in [0.15, 0.2) is 0 Å². The van der Waals surface area contributed by atoms with Gasteiger partial charge < -0.3 is 4.74 Å². The fraction of sp³-hybridized carbons (Fsp3) is 0.500. The van der Waals surface area contributed by atoms with Gasteiger partial charge in [-0.2, -0.15) is 4.72 Å². The van der Waals surface area contributed by atoms with Crippen LogP contribution in [-0.2, 0) is 4.74 Å². The minimum atomic E-state index is -9.85. The summed E-state index contributed by atoms with van der Waals surface area (Å²) in [6.07, 6.45) is -2.23. The highest BCUT2D eigenvalue weighted by molar-refractivity contribution is 8.44. The van der Waals surface area contributed by atoms with Crippen LogP contribution in [0.1, 0.15) is 0 Å². The van der Waals surface area contributed by atoms with Crippen LogP contribution in [-0.4, -0.2) is 13.2 Å². The Labute approximate surface area is 58.4 Å². The van der Waals surface area contributed by atoms with Crippen molar-refractivity contribution in [2.45, 2.75) is 0 Å². The zero-order chi connectivity index (χ0) is 9.40. The van der Waals surface area contributed by atoms with Crippen molar-refractivity contribution in [2.24, 2.45) is 0 Å². The molecule has 11 heavy (non-hydrogen) atoms. The van der Waals surface area contributed by atoms with Gasteiger partial charge in [0, 0.05) is 0 Å². The number of carbonyl (C=O) groups excluding carboxylic acids is 1. The van der Waals surface area contributed by atoms with Crippen LogP contribution < -0.4 is 4.72 Å². The Balaban J connectivity index is 4.51. The molecule has 1 N–H and O–H groups in total. The van der Waals surface area contributed by atoms with Crippen LogP contribution in [0, 0.1) is 0 Å². The van der Waals surface area contributed by atoms with Gasteiger partial charge in [-0.25, -0.2) is 4.79 Å². The van der Waals surface area contributed by atoms with Gasteiger partial charge in [-0.1, -0.05) is 19.4 Å². The van der Waals surface area contributed by atoms with Gasteiger partial charge in [0.05, 0.1) is 7.11 Å². The molecule has 9 heteroatoms. The van der Waals surface area contributed by atoms with E-state index in [1.54, 1.807) is 0 Å². The molecule has 0 heterocycles. The first-order valence-corrected chi connectivity index (χ1v) is 3.99. The molecule has 0 aromatic heterocycles. The Bertz CT molecular complexity index is 182. The van der Waals surface area contributed by atoms with Crippen molar-refractivity contribution >= 4 is 16.5 Å². The van der Waals surface area contributed by atoms with Gasteiger partial charge in [-0.3, -0.25) is 0 Å². The van der Waals surface area contributed by atoms with Crippen LogP contribution in [0.2, 0.25) is 0 Å². The predicted molar refractivity (Wildman–Crippen MR) is 28.7 cm³/mol. The summed E-state index contributed by atoms with van der Waals surface area (Å²) in [6.45, 7) is 0. The number of hydrogen-bond acceptors (Lipinski definition) is 2. The van der Waals surface area contributed by atoms with Crippen molar-refractivity contribution in [3.63, 3.8) is 0 Å². The molecule has 0 aliphatic rings. The lowest BCUT2D eigenvalue weighted by atomic mass is 11.2. The van der Waals surface area contributed by atoms with Crippen molar-refractivity contribution in [3.8, 4) is 0 Å². The predicted octanol–water partition coefficient (Wildman–Crippen LogP) is 2.56. The van der Waals surface area contributed by atoms with E-state index in [9.17, 15) is 24.2 Å². The lowest BCUT2D eigenvalue weighted by molar-refractivity contribution is 0.172. The van der Waals surface area contributed by atoms with Crippen LogP contribution >= 0.6 is 10.4 Å². The third-order valence-corrected chi connectivity index (χ3v) is 1.01. The van der Waals surface area contributed by atoms with Crippen molar-refractivity contribution < 1.29 is 29.0 Å². The molecule has 0 aliphatic heterocycles. The van der Waals surface area contributed by atoms with Crippen LogP contribution in [0.4, 0.5) is 24.2 Å². The molecule has 0 bridgehead atoms. The van der Waals surface area contributed by atoms with Crippen LogP contribution in [0.5, 0.6) is 0 Å². The van der Waals surface area contributed by atoms with E-state index in [2.05, 4.69) is 4.74 Å². The third-order valence-electron chi connectivity index (χ3n) is 0.462. The first-order chi connectivity index (χ1) is 4.43. The van der Waals surface area contributed by atoms with E-state index in [0.717, 1.165) is 0 Å². The summed E-state index contributed by atoms with van der Waals surface area (Å²) < 4.78 is 59.1. The molecular formula is C2H4F5NO2S. The number of halogens is 5. The molecule has 0 saturated heterocycles. The lowest BCUT2D eigenvalue weighted by Crippen LogP contribution is -2.33. The van der Waals surface area contributed by atoms with Gasteiger partial charge in [-0.05, 0) is 0 Å². The number of hydrogen-bond donors (Lipinski definition) is 1. The van der Waals surface area contributed by atoms with Gasteiger partial charge in [0.2, 0.25) is 0 Å². The maximum atomic E-state index is 11.2. The lowest BCUT2D eigenvalue weighted by Gasteiger charge is -2.39. The van der Waals surface area contributed by atoms with E-state index in [4.69, 9.17) is 0 Å². The number of amides is 1. The van der Waals surface area contributed by atoms with Crippen LogP contribution in [0.3, 0.4) is 0 Å². The van der Waals surface area contributed by atoms with E-state index in [1.165, 1.54) is 0 Å². The molecule has 70 valence electrons. The van der Waals surface area contributed by atoms with E-state index < -0.39 is 21.2 Å². The highest BCUT2D eigenvalue weighted by Crippen LogP contribution is 2.94. The Morgan fingerprint density at radius 3 is 1.73 bits per heavy atom. The summed E-state index contributed by atoms with van der Waals surface area (Å²) in [5.74, 6) is 0. The maximum Gasteiger partial charge on any atom is 0.423 e. The van der Waals surface area contributed by atoms with E-state index >= 15 is 0 Å². The molecule has 1 amide bonds. The fourth-order valence-electron chi connectivity index (χ4n) is 0.199. The SMILES string of the molecule is COC(=O)NS(F)(F)(F)(F)F. The number of methoxy groups -OCH3 is 1. The van der Waals surface area contributed by atoms with Gasteiger partial charge in [0.25, 0.3) is 0 Å². The number of rotatable bonds is 1. The Morgan fingerprint density at radius 2 is 1.64 bits per heavy atom. The summed E-state index contributed by atoms with van der Waals surface area (Å²) in [4.78, 5) is 9.73. The zero-order valence-electron chi connectivity index (χ0n) is 5.11. The summed E-state index contributed by atoms with van der Waals surface area (Å²) in [5.41, 5.74) is 0. The molecule has 0 radical (unpaired) electrons. The molecule has 0 aromatic carbocycles. The second kappa shape index (κ2) is 1.71. The van der Waals surface area contributed by atoms with Crippen LogP contribution in [0.25, 0.3) is 0 Å². The quantitative estimate of drug-likeness (QED) is 0.662. The second-order valence-corrected chi connectivity index (χ2v) is 3.70. The third kappa shape index (κ3) is 7.16. The van der Waals surface area contributed by atoms with Crippen molar-refractivity contribution in [1.82, 2.24) is 4.72 Å². The molecule has 0 aromatic rings. The minimum Gasteiger partial charge on any atom is -0.452 e. The first-order valence-electron chi connectivity index (χ1n) is 2.04. The summed E-state index contributed by atoms with van der Waals surface area (Å²) in [7, 11) is -9.31. The molecule has 0 rings (SSSR count). The number of carbonyl (C=O) groups is 1. The van der Waals surface area contributed by atoms with E-state index in [-0.39, 0.29) is 0 Å². The minimum absolute atomic E-state index is 0.455. The molecule has 0 spiro atoms. The summed E-state index contributed by atoms with van der Waals surface area (Å²) in [5, 5.41) is 0. The summed E-state index contributed by atoms with van der Waals surface area (Å²) >= 11 is 0. The number of ether oxygens (including phenoxy) is 1. The zero-order valence-corrected chi connectivity index (χ0v) is 5.93. The topological polar surface area (TPSA) is 38.3 Å². The van der Waals surface area contributed by atoms with E-state index in [1.807, 2.05) is 0 Å². The van der Waals surface area contributed by atoms with Crippen molar-refractivity contribution in [2.75, 3.05) is 7.11 Å². The Morgan fingerprint density at radius 1 is 1.27 bits per heavy atom. The Kier molecular flexibility index (Phi) is 1.59. The van der Waals surface area contributed by atoms with Crippen LogP contribution in [0.15, 0.2) is 0 Å². The van der Waals surface area contributed by atoms with Crippen molar-refractivity contribution in [1.29, 1.82) is 0 Å². The normalized spacial score (nSPS) is 18.0. The summed E-state index contributed by atoms with van der Waals surface area (Å²) in [6, 6.07) is 0. The number of nitrogens with one attached hydrogen (secondary N) is 1. The molecule has 0 aliphatic carbocycles. The fourth-order valence-corrected chi connectivity index (χ4v) is 0.597.